The average Bonchev–Trinajstić information content (AvgIpc) is 2.82. The molecule has 6 heteroatoms. The minimum absolute atomic E-state index is 0. The summed E-state index contributed by atoms with van der Waals surface area (Å²) in [5.74, 6) is 0. The Morgan fingerprint density at radius 1 is 0.850 bits per heavy atom. The lowest BCUT2D eigenvalue weighted by Gasteiger charge is -1.99. The Bertz CT molecular complexity index is 791. The third-order valence-electron chi connectivity index (χ3n) is 2.56. The lowest BCUT2D eigenvalue weighted by molar-refractivity contribution is 0.975. The highest BCUT2D eigenvalue weighted by Gasteiger charge is 2.05. The maximum absolute atomic E-state index is 12.0. The molecule has 2 aromatic carbocycles. The van der Waals surface area contributed by atoms with E-state index < -0.39 is 0 Å². The molecule has 0 unspecified atom stereocenters. The van der Waals surface area contributed by atoms with Gasteiger partial charge in [0.15, 0.2) is 0 Å². The van der Waals surface area contributed by atoms with Crippen molar-refractivity contribution in [2.75, 3.05) is 0 Å². The molecule has 0 aliphatic carbocycles. The molecule has 3 aromatic rings. The third kappa shape index (κ3) is 3.15. The molecule has 0 aliphatic heterocycles. The van der Waals surface area contributed by atoms with Gasteiger partial charge in [-0.1, -0.05) is 36.4 Å². The second-order valence-corrected chi connectivity index (χ2v) is 5.88. The number of halogens is 1. The molecule has 20 heavy (non-hydrogen) atoms. The van der Waals surface area contributed by atoms with Gasteiger partial charge in [-0.25, -0.2) is 9.56 Å². The van der Waals surface area contributed by atoms with Gasteiger partial charge in [0.25, 0.3) is 0 Å². The first-order chi connectivity index (χ1) is 9.34. The van der Waals surface area contributed by atoms with Crippen molar-refractivity contribution in [1.82, 2.24) is 4.57 Å². The number of rotatable bonds is 2. The molecule has 0 fully saturated rings. The Kier molecular flexibility index (Phi) is 5.05. The van der Waals surface area contributed by atoms with Crippen molar-refractivity contribution >= 4 is 43.3 Å². The fourth-order valence-corrected chi connectivity index (χ4v) is 3.57. The van der Waals surface area contributed by atoms with Gasteiger partial charge in [0.1, 0.15) is 0 Å². The predicted molar refractivity (Wildman–Crippen MR) is 89.8 cm³/mol. The van der Waals surface area contributed by atoms with Crippen LogP contribution in [0, 0.1) is 0 Å². The molecular formula is C14H11BrN2OS2. The van der Waals surface area contributed by atoms with E-state index in [1.54, 1.807) is 4.57 Å². The zero-order valence-corrected chi connectivity index (χ0v) is 13.6. The number of aromatic nitrogens is 1. The predicted octanol–water partition coefficient (Wildman–Crippen LogP) is 3.77. The molecule has 0 radical (unpaired) electrons. The van der Waals surface area contributed by atoms with Crippen LogP contribution in [-0.4, -0.2) is 4.57 Å². The van der Waals surface area contributed by atoms with Crippen LogP contribution < -0.4 is 9.67 Å². The number of para-hydroxylation sites is 2. The summed E-state index contributed by atoms with van der Waals surface area (Å²) < 4.78 is 1.64. The number of nitrogens with zero attached hydrogens (tertiary/aromatic N) is 2. The summed E-state index contributed by atoms with van der Waals surface area (Å²) in [6.45, 7) is 0. The summed E-state index contributed by atoms with van der Waals surface area (Å²) >= 11 is 0. The second-order valence-electron chi connectivity index (χ2n) is 3.83. The first-order valence-electron chi connectivity index (χ1n) is 5.72. The maximum Gasteiger partial charge on any atom is 0.323 e. The fourth-order valence-electron chi connectivity index (χ4n) is 1.70. The first-order valence-corrected chi connectivity index (χ1v) is 7.87. The van der Waals surface area contributed by atoms with Gasteiger partial charge in [-0.15, -0.1) is 17.0 Å². The highest BCUT2D eigenvalue weighted by molar-refractivity contribution is 8.93. The Hall–Kier alpha value is -1.50. The average molecular weight is 367 g/mol. The topological polar surface area (TPSA) is 34.4 Å². The molecule has 0 bridgehead atoms. The van der Waals surface area contributed by atoms with Crippen LogP contribution in [0.3, 0.4) is 0 Å². The summed E-state index contributed by atoms with van der Waals surface area (Å²) in [5.41, 5.74) is 1.70. The standard InChI is InChI=1S/C14H10N2OS2.BrH/c17-14-16(12-9-5-2-6-10-12)13(18-19-14)15-11-7-3-1-4-8-11;/h1-10H;1H. The van der Waals surface area contributed by atoms with Crippen LogP contribution in [0.5, 0.6) is 0 Å². The molecule has 0 saturated heterocycles. The van der Waals surface area contributed by atoms with Crippen LogP contribution in [0.15, 0.2) is 70.5 Å². The van der Waals surface area contributed by atoms with Crippen LogP contribution >= 0.6 is 37.7 Å². The SMILES string of the molecule is Br.O=c1ssc(=Nc2ccccc2)n1-c1ccccc1. The van der Waals surface area contributed by atoms with Crippen LogP contribution in [0.2, 0.25) is 0 Å². The summed E-state index contributed by atoms with van der Waals surface area (Å²) in [4.78, 5) is 17.2. The van der Waals surface area contributed by atoms with E-state index in [-0.39, 0.29) is 21.9 Å². The molecule has 102 valence electrons. The van der Waals surface area contributed by atoms with Crippen molar-refractivity contribution in [3.05, 3.63) is 75.1 Å². The number of hydrogen-bond donors (Lipinski definition) is 0. The second kappa shape index (κ2) is 6.78. The quantitative estimate of drug-likeness (QED) is 0.635. The number of hydrogen-bond acceptors (Lipinski definition) is 4. The van der Waals surface area contributed by atoms with Crippen LogP contribution in [0.1, 0.15) is 0 Å². The zero-order chi connectivity index (χ0) is 13.1. The minimum Gasteiger partial charge on any atom is -0.255 e. The number of benzene rings is 2. The van der Waals surface area contributed by atoms with Gasteiger partial charge in [-0.2, -0.15) is 0 Å². The van der Waals surface area contributed by atoms with Crippen molar-refractivity contribution in [1.29, 1.82) is 0 Å². The third-order valence-corrected chi connectivity index (χ3v) is 4.51. The van der Waals surface area contributed by atoms with Crippen LogP contribution in [0.4, 0.5) is 5.69 Å². The molecule has 0 spiro atoms. The lowest BCUT2D eigenvalue weighted by atomic mass is 10.3. The molecule has 0 aliphatic rings. The van der Waals surface area contributed by atoms with E-state index in [2.05, 4.69) is 4.99 Å². The van der Waals surface area contributed by atoms with Gasteiger partial charge >= 0.3 is 4.87 Å². The van der Waals surface area contributed by atoms with Crippen LogP contribution in [0.25, 0.3) is 5.69 Å². The van der Waals surface area contributed by atoms with E-state index >= 15 is 0 Å². The van der Waals surface area contributed by atoms with Crippen molar-refractivity contribution in [3.8, 4) is 5.69 Å². The largest absolute Gasteiger partial charge is 0.323 e. The van der Waals surface area contributed by atoms with Gasteiger partial charge in [0, 0.05) is 0 Å². The summed E-state index contributed by atoms with van der Waals surface area (Å²) in [6, 6.07) is 19.2. The lowest BCUT2D eigenvalue weighted by Crippen LogP contribution is -2.22. The van der Waals surface area contributed by atoms with E-state index in [0.29, 0.717) is 4.80 Å². The van der Waals surface area contributed by atoms with Gasteiger partial charge in [0.05, 0.1) is 11.4 Å². The Morgan fingerprint density at radius 2 is 1.45 bits per heavy atom. The van der Waals surface area contributed by atoms with E-state index in [0.717, 1.165) is 11.4 Å². The van der Waals surface area contributed by atoms with Crippen molar-refractivity contribution in [2.24, 2.45) is 4.99 Å². The van der Waals surface area contributed by atoms with Gasteiger partial charge in [0.2, 0.25) is 4.80 Å². The van der Waals surface area contributed by atoms with Gasteiger partial charge in [-0.3, -0.25) is 4.79 Å². The summed E-state index contributed by atoms with van der Waals surface area (Å²) in [7, 11) is 2.59. The maximum atomic E-state index is 12.0. The smallest absolute Gasteiger partial charge is 0.255 e. The normalized spacial score (nSPS) is 11.1. The van der Waals surface area contributed by atoms with Crippen LogP contribution in [-0.2, 0) is 0 Å². The Labute approximate surface area is 133 Å². The molecule has 0 amide bonds. The van der Waals surface area contributed by atoms with Crippen molar-refractivity contribution in [2.45, 2.75) is 0 Å². The van der Waals surface area contributed by atoms with E-state index in [1.807, 2.05) is 60.7 Å². The van der Waals surface area contributed by atoms with Gasteiger partial charge in [-0.05, 0) is 44.9 Å². The van der Waals surface area contributed by atoms with E-state index in [1.165, 1.54) is 20.7 Å². The summed E-state index contributed by atoms with van der Waals surface area (Å²) in [6.07, 6.45) is 0. The molecule has 0 saturated carbocycles. The minimum atomic E-state index is -0.00844. The monoisotopic (exact) mass is 366 g/mol. The molecule has 3 nitrogen and oxygen atoms in total. The first kappa shape index (κ1) is 14.9. The highest BCUT2D eigenvalue weighted by atomic mass is 79.9. The fraction of sp³-hybridized carbons (Fsp3) is 0. The van der Waals surface area contributed by atoms with Crippen molar-refractivity contribution in [3.63, 3.8) is 0 Å². The molecule has 1 aromatic heterocycles. The molecule has 0 N–H and O–H groups in total. The molecule has 0 atom stereocenters. The van der Waals surface area contributed by atoms with Gasteiger partial charge < -0.3 is 0 Å². The molecule has 3 rings (SSSR count). The Morgan fingerprint density at radius 3 is 2.10 bits per heavy atom. The van der Waals surface area contributed by atoms with E-state index in [9.17, 15) is 4.79 Å². The van der Waals surface area contributed by atoms with Crippen molar-refractivity contribution < 1.29 is 0 Å². The highest BCUT2D eigenvalue weighted by Crippen LogP contribution is 2.10. The van der Waals surface area contributed by atoms with E-state index in [4.69, 9.17) is 0 Å². The Balaban J connectivity index is 0.00000147. The summed E-state index contributed by atoms with van der Waals surface area (Å²) in [5, 5.41) is 0. The zero-order valence-electron chi connectivity index (χ0n) is 10.3. The molecule has 1 heterocycles. The molecular weight excluding hydrogens is 356 g/mol.